The van der Waals surface area contributed by atoms with Gasteiger partial charge in [0, 0.05) is 13.2 Å². The molecule has 1 N–H and O–H groups in total. The minimum Gasteiger partial charge on any atom is -0.381 e. The minimum absolute atomic E-state index is 0. The van der Waals surface area contributed by atoms with E-state index < -0.39 is 0 Å². The Hall–Kier alpha value is 0.210. The standard InChI is InChI=1S/C10H19NO.ClH/c1-2-9(1)7-12-8-10-3-5-11-6-4-10;/h9-11H,1-8H2;1H. The van der Waals surface area contributed by atoms with Crippen molar-refractivity contribution >= 4 is 12.4 Å². The Morgan fingerprint density at radius 3 is 2.00 bits per heavy atom. The van der Waals surface area contributed by atoms with Crippen molar-refractivity contribution in [1.29, 1.82) is 0 Å². The Labute approximate surface area is 86.8 Å². The van der Waals surface area contributed by atoms with Gasteiger partial charge in [0.15, 0.2) is 0 Å². The molecule has 0 aromatic heterocycles. The van der Waals surface area contributed by atoms with Gasteiger partial charge in [-0.05, 0) is 50.6 Å². The Morgan fingerprint density at radius 1 is 0.923 bits per heavy atom. The molecule has 1 aliphatic carbocycles. The zero-order valence-electron chi connectivity index (χ0n) is 8.13. The molecule has 3 heteroatoms. The summed E-state index contributed by atoms with van der Waals surface area (Å²) in [4.78, 5) is 0. The molecule has 0 unspecified atom stereocenters. The molecule has 1 heterocycles. The van der Waals surface area contributed by atoms with Crippen molar-refractivity contribution in [3.63, 3.8) is 0 Å². The number of ether oxygens (including phenoxy) is 1. The number of rotatable bonds is 4. The predicted molar refractivity (Wildman–Crippen MR) is 56.4 cm³/mol. The van der Waals surface area contributed by atoms with E-state index in [-0.39, 0.29) is 12.4 Å². The summed E-state index contributed by atoms with van der Waals surface area (Å²) in [6, 6.07) is 0. The van der Waals surface area contributed by atoms with E-state index in [9.17, 15) is 0 Å². The fourth-order valence-corrected chi connectivity index (χ4v) is 1.73. The molecular weight excluding hydrogens is 186 g/mol. The molecule has 78 valence electrons. The number of halogens is 1. The topological polar surface area (TPSA) is 21.3 Å². The van der Waals surface area contributed by atoms with Gasteiger partial charge in [-0.25, -0.2) is 0 Å². The first kappa shape index (κ1) is 11.3. The molecule has 2 nitrogen and oxygen atoms in total. The SMILES string of the molecule is C1CC(COCC2CC2)CCN1.Cl. The lowest BCUT2D eigenvalue weighted by Crippen LogP contribution is -2.30. The first-order chi connectivity index (χ1) is 5.95. The van der Waals surface area contributed by atoms with Crippen LogP contribution in [0.3, 0.4) is 0 Å². The van der Waals surface area contributed by atoms with Crippen LogP contribution in [0.5, 0.6) is 0 Å². The quantitative estimate of drug-likeness (QED) is 0.757. The molecule has 1 aliphatic heterocycles. The summed E-state index contributed by atoms with van der Waals surface area (Å²) in [5, 5.41) is 3.37. The van der Waals surface area contributed by atoms with Gasteiger partial charge in [0.2, 0.25) is 0 Å². The number of hydrogen-bond donors (Lipinski definition) is 1. The second kappa shape index (κ2) is 5.84. The molecule has 1 saturated carbocycles. The molecule has 2 aliphatic rings. The molecule has 0 radical (unpaired) electrons. The summed E-state index contributed by atoms with van der Waals surface area (Å²) in [6.07, 6.45) is 5.44. The van der Waals surface area contributed by atoms with Crippen molar-refractivity contribution in [1.82, 2.24) is 5.32 Å². The Bertz CT molecular complexity index is 133. The molecular formula is C10H20ClNO. The van der Waals surface area contributed by atoms with Crippen LogP contribution in [0.1, 0.15) is 25.7 Å². The van der Waals surface area contributed by atoms with Crippen LogP contribution in [-0.4, -0.2) is 26.3 Å². The summed E-state index contributed by atoms with van der Waals surface area (Å²) in [7, 11) is 0. The molecule has 0 atom stereocenters. The Kier molecular flexibility index (Phi) is 5.07. The van der Waals surface area contributed by atoms with Crippen LogP contribution in [0.2, 0.25) is 0 Å². The lowest BCUT2D eigenvalue weighted by Gasteiger charge is -2.22. The van der Waals surface area contributed by atoms with E-state index in [1.165, 1.54) is 38.8 Å². The van der Waals surface area contributed by atoms with Crippen LogP contribution in [0.4, 0.5) is 0 Å². The predicted octanol–water partition coefficient (Wildman–Crippen LogP) is 1.83. The second-order valence-electron chi connectivity index (χ2n) is 4.17. The van der Waals surface area contributed by atoms with Crippen LogP contribution >= 0.6 is 12.4 Å². The van der Waals surface area contributed by atoms with E-state index in [2.05, 4.69) is 5.32 Å². The van der Waals surface area contributed by atoms with Crippen molar-refractivity contribution < 1.29 is 4.74 Å². The highest BCUT2D eigenvalue weighted by molar-refractivity contribution is 5.85. The van der Waals surface area contributed by atoms with Crippen molar-refractivity contribution in [3.8, 4) is 0 Å². The molecule has 0 amide bonds. The van der Waals surface area contributed by atoms with E-state index in [0.717, 1.165) is 25.0 Å². The molecule has 13 heavy (non-hydrogen) atoms. The van der Waals surface area contributed by atoms with Gasteiger partial charge in [0.25, 0.3) is 0 Å². The molecule has 0 bridgehead atoms. The molecule has 0 aromatic rings. The summed E-state index contributed by atoms with van der Waals surface area (Å²) < 4.78 is 5.67. The highest BCUT2D eigenvalue weighted by Crippen LogP contribution is 2.29. The average Bonchev–Trinajstić information content (AvgIpc) is 2.90. The van der Waals surface area contributed by atoms with Gasteiger partial charge in [0.1, 0.15) is 0 Å². The third-order valence-corrected chi connectivity index (χ3v) is 2.86. The molecule has 0 spiro atoms. The van der Waals surface area contributed by atoms with Gasteiger partial charge >= 0.3 is 0 Å². The van der Waals surface area contributed by atoms with Crippen LogP contribution in [0, 0.1) is 11.8 Å². The maximum absolute atomic E-state index is 5.67. The fourth-order valence-electron chi connectivity index (χ4n) is 1.73. The first-order valence-corrected chi connectivity index (χ1v) is 5.23. The normalized spacial score (nSPS) is 24.0. The largest absolute Gasteiger partial charge is 0.381 e. The van der Waals surface area contributed by atoms with Gasteiger partial charge in [-0.3, -0.25) is 0 Å². The van der Waals surface area contributed by atoms with Crippen molar-refractivity contribution in [2.45, 2.75) is 25.7 Å². The van der Waals surface area contributed by atoms with Crippen molar-refractivity contribution in [2.24, 2.45) is 11.8 Å². The lowest BCUT2D eigenvalue weighted by molar-refractivity contribution is 0.0805. The summed E-state index contributed by atoms with van der Waals surface area (Å²) in [6.45, 7) is 4.43. The molecule has 1 saturated heterocycles. The monoisotopic (exact) mass is 205 g/mol. The van der Waals surface area contributed by atoms with Gasteiger partial charge < -0.3 is 10.1 Å². The van der Waals surface area contributed by atoms with Crippen LogP contribution in [-0.2, 0) is 4.74 Å². The van der Waals surface area contributed by atoms with Gasteiger partial charge in [-0.15, -0.1) is 12.4 Å². The summed E-state index contributed by atoms with van der Waals surface area (Å²) in [5.74, 6) is 1.76. The molecule has 2 rings (SSSR count). The molecule has 2 fully saturated rings. The van der Waals surface area contributed by atoms with E-state index >= 15 is 0 Å². The number of hydrogen-bond acceptors (Lipinski definition) is 2. The zero-order chi connectivity index (χ0) is 8.23. The van der Waals surface area contributed by atoms with Gasteiger partial charge in [-0.1, -0.05) is 0 Å². The van der Waals surface area contributed by atoms with Crippen molar-refractivity contribution in [2.75, 3.05) is 26.3 Å². The number of piperidine rings is 1. The smallest absolute Gasteiger partial charge is 0.0495 e. The fraction of sp³-hybridized carbons (Fsp3) is 1.00. The van der Waals surface area contributed by atoms with Crippen LogP contribution in [0.15, 0.2) is 0 Å². The second-order valence-corrected chi connectivity index (χ2v) is 4.17. The van der Waals surface area contributed by atoms with Crippen LogP contribution in [0.25, 0.3) is 0 Å². The maximum atomic E-state index is 5.67. The van der Waals surface area contributed by atoms with Gasteiger partial charge in [-0.2, -0.15) is 0 Å². The summed E-state index contributed by atoms with van der Waals surface area (Å²) in [5.41, 5.74) is 0. The minimum atomic E-state index is 0. The van der Waals surface area contributed by atoms with Gasteiger partial charge in [0.05, 0.1) is 0 Å². The highest BCUT2D eigenvalue weighted by atomic mass is 35.5. The maximum Gasteiger partial charge on any atom is 0.0495 e. The summed E-state index contributed by atoms with van der Waals surface area (Å²) >= 11 is 0. The van der Waals surface area contributed by atoms with E-state index in [4.69, 9.17) is 4.74 Å². The van der Waals surface area contributed by atoms with Crippen molar-refractivity contribution in [3.05, 3.63) is 0 Å². The van der Waals surface area contributed by atoms with Crippen LogP contribution < -0.4 is 5.32 Å². The number of nitrogens with one attached hydrogen (secondary N) is 1. The van der Waals surface area contributed by atoms with E-state index in [0.29, 0.717) is 0 Å². The third kappa shape index (κ3) is 4.30. The third-order valence-electron chi connectivity index (χ3n) is 2.86. The highest BCUT2D eigenvalue weighted by Gasteiger charge is 2.22. The average molecular weight is 206 g/mol. The molecule has 0 aromatic carbocycles. The first-order valence-electron chi connectivity index (χ1n) is 5.23. The van der Waals surface area contributed by atoms with E-state index in [1.807, 2.05) is 0 Å². The zero-order valence-corrected chi connectivity index (χ0v) is 8.94. The van der Waals surface area contributed by atoms with E-state index in [1.54, 1.807) is 0 Å². The lowest BCUT2D eigenvalue weighted by atomic mass is 9.99. The Balaban J connectivity index is 0.000000845. The Morgan fingerprint density at radius 2 is 1.46 bits per heavy atom.